The number of likely N-dealkylation sites (tertiary alicyclic amines) is 1. The van der Waals surface area contributed by atoms with E-state index in [2.05, 4.69) is 15.1 Å². The zero-order valence-corrected chi connectivity index (χ0v) is 17.0. The molecular formula is C21H25N5O3. The second-order valence-electron chi connectivity index (χ2n) is 7.48. The molecule has 0 saturated carbocycles. The van der Waals surface area contributed by atoms with Crippen LogP contribution in [0.5, 0.6) is 11.9 Å². The van der Waals surface area contributed by atoms with Crippen LogP contribution in [0.25, 0.3) is 10.9 Å². The number of benzene rings is 1. The van der Waals surface area contributed by atoms with Gasteiger partial charge < -0.3 is 14.4 Å². The Labute approximate surface area is 169 Å². The Morgan fingerprint density at radius 1 is 1.28 bits per heavy atom. The zero-order chi connectivity index (χ0) is 20.4. The van der Waals surface area contributed by atoms with E-state index >= 15 is 0 Å². The first-order valence-electron chi connectivity index (χ1n) is 9.76. The van der Waals surface area contributed by atoms with Crippen LogP contribution >= 0.6 is 0 Å². The van der Waals surface area contributed by atoms with Gasteiger partial charge in [-0.05, 0) is 43.5 Å². The average molecular weight is 395 g/mol. The van der Waals surface area contributed by atoms with Crippen molar-refractivity contribution in [2.24, 2.45) is 13.0 Å². The Kier molecular flexibility index (Phi) is 5.33. The predicted molar refractivity (Wildman–Crippen MR) is 108 cm³/mol. The number of carbonyl (C=O) groups excluding carboxylic acids is 1. The third-order valence-electron chi connectivity index (χ3n) is 5.23. The van der Waals surface area contributed by atoms with Gasteiger partial charge in [0.2, 0.25) is 5.88 Å². The van der Waals surface area contributed by atoms with Gasteiger partial charge in [0.05, 0.1) is 24.6 Å². The van der Waals surface area contributed by atoms with E-state index in [-0.39, 0.29) is 11.8 Å². The molecular weight excluding hydrogens is 370 g/mol. The first-order valence-corrected chi connectivity index (χ1v) is 9.76. The fraction of sp³-hybridized carbons (Fsp3) is 0.429. The molecule has 1 atom stereocenters. The second kappa shape index (κ2) is 8.06. The van der Waals surface area contributed by atoms with Crippen LogP contribution in [-0.2, 0) is 7.05 Å². The van der Waals surface area contributed by atoms with Gasteiger partial charge in [-0.3, -0.25) is 4.79 Å². The van der Waals surface area contributed by atoms with Crippen LogP contribution in [0, 0.1) is 12.8 Å². The highest BCUT2D eigenvalue weighted by atomic mass is 16.5. The summed E-state index contributed by atoms with van der Waals surface area (Å²) in [6.07, 6.45) is 5.45. The molecule has 0 radical (unpaired) electrons. The molecule has 0 spiro atoms. The number of fused-ring (bicyclic) bond motifs is 1. The van der Waals surface area contributed by atoms with Gasteiger partial charge in [0.1, 0.15) is 0 Å². The third kappa shape index (κ3) is 4.01. The Morgan fingerprint density at radius 2 is 2.07 bits per heavy atom. The number of carbonyl (C=O) groups is 1. The van der Waals surface area contributed by atoms with Crippen molar-refractivity contribution in [3.63, 3.8) is 0 Å². The van der Waals surface area contributed by atoms with Crippen molar-refractivity contribution < 1.29 is 14.3 Å². The number of amides is 1. The summed E-state index contributed by atoms with van der Waals surface area (Å²) in [5, 5.41) is 5.34. The molecule has 8 heteroatoms. The van der Waals surface area contributed by atoms with E-state index in [4.69, 9.17) is 9.47 Å². The molecule has 4 rings (SSSR count). The molecule has 29 heavy (non-hydrogen) atoms. The Morgan fingerprint density at radius 3 is 2.83 bits per heavy atom. The van der Waals surface area contributed by atoms with Gasteiger partial charge in [0, 0.05) is 44.0 Å². The molecule has 3 aromatic rings. The molecule has 2 aromatic heterocycles. The van der Waals surface area contributed by atoms with E-state index in [0.717, 1.165) is 35.9 Å². The lowest BCUT2D eigenvalue weighted by molar-refractivity contribution is 0.0629. The van der Waals surface area contributed by atoms with Gasteiger partial charge in [-0.25, -0.2) is 14.6 Å². The number of aryl methyl sites for hydroxylation is 2. The second-order valence-corrected chi connectivity index (χ2v) is 7.48. The maximum Gasteiger partial charge on any atom is 0.316 e. The van der Waals surface area contributed by atoms with Crippen molar-refractivity contribution >= 4 is 16.8 Å². The van der Waals surface area contributed by atoms with Crippen LogP contribution in [0.4, 0.5) is 0 Å². The summed E-state index contributed by atoms with van der Waals surface area (Å²) in [5.41, 5.74) is 2.39. The minimum atomic E-state index is 0.0211. The first kappa shape index (κ1) is 19.2. The fourth-order valence-electron chi connectivity index (χ4n) is 3.77. The summed E-state index contributed by atoms with van der Waals surface area (Å²) >= 11 is 0. The number of hydrogen-bond acceptors (Lipinski definition) is 6. The summed E-state index contributed by atoms with van der Waals surface area (Å²) in [6.45, 7) is 3.85. The van der Waals surface area contributed by atoms with Gasteiger partial charge in [-0.15, -0.1) is 0 Å². The Bertz CT molecular complexity index is 1020. The Balaban J connectivity index is 1.43. The van der Waals surface area contributed by atoms with Crippen LogP contribution < -0.4 is 9.47 Å². The average Bonchev–Trinajstić information content (AvgIpc) is 3.07. The van der Waals surface area contributed by atoms with Crippen LogP contribution in [-0.4, -0.2) is 57.4 Å². The van der Waals surface area contributed by atoms with Crippen molar-refractivity contribution in [3.8, 4) is 11.9 Å². The van der Waals surface area contributed by atoms with Gasteiger partial charge in [-0.2, -0.15) is 5.10 Å². The molecule has 0 bridgehead atoms. The van der Waals surface area contributed by atoms with E-state index in [9.17, 15) is 4.79 Å². The largest absolute Gasteiger partial charge is 0.481 e. The minimum absolute atomic E-state index is 0.0211. The molecule has 1 aromatic carbocycles. The van der Waals surface area contributed by atoms with Crippen LogP contribution in [0.3, 0.4) is 0 Å². The number of methoxy groups -OCH3 is 1. The molecule has 0 N–H and O–H groups in total. The lowest BCUT2D eigenvalue weighted by Gasteiger charge is -2.32. The summed E-state index contributed by atoms with van der Waals surface area (Å²) in [7, 11) is 3.44. The van der Waals surface area contributed by atoms with Gasteiger partial charge in [0.25, 0.3) is 5.91 Å². The predicted octanol–water partition coefficient (Wildman–Crippen LogP) is 2.61. The summed E-state index contributed by atoms with van der Waals surface area (Å²) < 4.78 is 12.8. The number of ether oxygens (including phenoxy) is 2. The van der Waals surface area contributed by atoms with E-state index in [1.165, 1.54) is 0 Å². The van der Waals surface area contributed by atoms with Crippen molar-refractivity contribution in [3.05, 3.63) is 41.7 Å². The van der Waals surface area contributed by atoms with Gasteiger partial charge in [0.15, 0.2) is 0 Å². The monoisotopic (exact) mass is 395 g/mol. The summed E-state index contributed by atoms with van der Waals surface area (Å²) in [6, 6.07) is 5.96. The van der Waals surface area contributed by atoms with Crippen molar-refractivity contribution in [2.75, 3.05) is 26.8 Å². The molecule has 3 heterocycles. The molecule has 0 aliphatic carbocycles. The first-order chi connectivity index (χ1) is 14.0. The van der Waals surface area contributed by atoms with Crippen LogP contribution in [0.2, 0.25) is 0 Å². The highest BCUT2D eigenvalue weighted by molar-refractivity contribution is 5.98. The van der Waals surface area contributed by atoms with E-state index < -0.39 is 0 Å². The van der Waals surface area contributed by atoms with Gasteiger partial charge in [-0.1, -0.05) is 0 Å². The minimum Gasteiger partial charge on any atom is -0.481 e. The normalized spacial score (nSPS) is 16.8. The van der Waals surface area contributed by atoms with E-state index in [0.29, 0.717) is 30.6 Å². The highest BCUT2D eigenvalue weighted by Crippen LogP contribution is 2.26. The lowest BCUT2D eigenvalue weighted by Crippen LogP contribution is -2.41. The van der Waals surface area contributed by atoms with Crippen molar-refractivity contribution in [1.29, 1.82) is 0 Å². The number of aromatic nitrogens is 4. The van der Waals surface area contributed by atoms with E-state index in [1.807, 2.05) is 37.1 Å². The maximum atomic E-state index is 13.1. The lowest BCUT2D eigenvalue weighted by atomic mass is 9.98. The number of rotatable bonds is 5. The summed E-state index contributed by atoms with van der Waals surface area (Å²) in [4.78, 5) is 23.3. The number of piperidine rings is 1. The SMILES string of the molecule is COc1c2ccc(C(=O)N3CCCC(COc4ncc(C)cn4)C3)cc2nn1C. The maximum absolute atomic E-state index is 13.1. The molecule has 1 aliphatic heterocycles. The van der Waals surface area contributed by atoms with Crippen LogP contribution in [0.1, 0.15) is 28.8 Å². The van der Waals surface area contributed by atoms with Gasteiger partial charge >= 0.3 is 6.01 Å². The summed E-state index contributed by atoms with van der Waals surface area (Å²) in [5.74, 6) is 0.969. The smallest absolute Gasteiger partial charge is 0.316 e. The number of hydrogen-bond donors (Lipinski definition) is 0. The quantitative estimate of drug-likeness (QED) is 0.660. The zero-order valence-electron chi connectivity index (χ0n) is 17.0. The van der Waals surface area contributed by atoms with Crippen LogP contribution in [0.15, 0.2) is 30.6 Å². The van der Waals surface area contributed by atoms with Crippen molar-refractivity contribution in [1.82, 2.24) is 24.6 Å². The van der Waals surface area contributed by atoms with E-state index in [1.54, 1.807) is 24.2 Å². The molecule has 8 nitrogen and oxygen atoms in total. The Hall–Kier alpha value is -3.16. The number of nitrogens with zero attached hydrogens (tertiary/aromatic N) is 5. The third-order valence-corrected chi connectivity index (χ3v) is 5.23. The topological polar surface area (TPSA) is 82.4 Å². The highest BCUT2D eigenvalue weighted by Gasteiger charge is 2.26. The molecule has 152 valence electrons. The van der Waals surface area contributed by atoms with Crippen molar-refractivity contribution in [2.45, 2.75) is 19.8 Å². The molecule has 1 fully saturated rings. The standard InChI is InChI=1S/C21H25N5O3/c1-14-10-22-21(23-11-14)29-13-15-5-4-8-26(12-15)19(27)16-6-7-17-18(9-16)24-25(2)20(17)28-3/h6-7,9-11,15H,4-5,8,12-13H2,1-3H3. The fourth-order valence-corrected chi connectivity index (χ4v) is 3.77. The molecule has 1 saturated heterocycles. The molecule has 1 amide bonds. The molecule has 1 aliphatic rings. The molecule has 1 unspecified atom stereocenters.